The summed E-state index contributed by atoms with van der Waals surface area (Å²) in [7, 11) is -3.61. The number of hydrogen-bond acceptors (Lipinski definition) is 3. The Bertz CT molecular complexity index is 586. The van der Waals surface area contributed by atoms with Crippen molar-refractivity contribution >= 4 is 27.6 Å². The lowest BCUT2D eigenvalue weighted by Crippen LogP contribution is -2.26. The zero-order chi connectivity index (χ0) is 15.3. The van der Waals surface area contributed by atoms with E-state index in [0.717, 1.165) is 0 Å². The van der Waals surface area contributed by atoms with E-state index in [0.29, 0.717) is 23.4 Å². The van der Waals surface area contributed by atoms with Crippen molar-refractivity contribution in [1.82, 2.24) is 4.72 Å². The van der Waals surface area contributed by atoms with Crippen LogP contribution in [-0.2, 0) is 14.8 Å². The number of carbonyl (C=O) groups is 1. The summed E-state index contributed by atoms with van der Waals surface area (Å²) in [6, 6.07) is 4.67. The molecular formula is C13H18ClNO4S. The van der Waals surface area contributed by atoms with E-state index in [1.165, 1.54) is 6.07 Å². The van der Waals surface area contributed by atoms with Crippen molar-refractivity contribution in [2.45, 2.75) is 31.6 Å². The van der Waals surface area contributed by atoms with Gasteiger partial charge in [0.1, 0.15) is 0 Å². The maximum absolute atomic E-state index is 12.1. The van der Waals surface area contributed by atoms with Crippen molar-refractivity contribution in [1.29, 1.82) is 0 Å². The smallest absolute Gasteiger partial charge is 0.306 e. The number of aliphatic carboxylic acids is 1. The van der Waals surface area contributed by atoms with Gasteiger partial charge in [-0.25, -0.2) is 13.1 Å². The number of benzene rings is 1. The van der Waals surface area contributed by atoms with Gasteiger partial charge in [0.05, 0.1) is 10.8 Å². The number of sulfonamides is 1. The van der Waals surface area contributed by atoms with Crippen LogP contribution in [0.5, 0.6) is 0 Å². The molecular weight excluding hydrogens is 302 g/mol. The molecule has 1 atom stereocenters. The molecule has 0 aliphatic rings. The van der Waals surface area contributed by atoms with E-state index in [4.69, 9.17) is 16.7 Å². The molecule has 0 radical (unpaired) electrons. The molecule has 0 saturated heterocycles. The first-order valence-corrected chi connectivity index (χ1v) is 8.09. The molecule has 0 bridgehead atoms. The quantitative estimate of drug-likeness (QED) is 0.756. The molecule has 0 amide bonds. The van der Waals surface area contributed by atoms with Crippen LogP contribution in [-0.4, -0.2) is 26.0 Å². The molecule has 1 unspecified atom stereocenters. The zero-order valence-electron chi connectivity index (χ0n) is 11.4. The molecule has 0 aliphatic carbocycles. The maximum Gasteiger partial charge on any atom is 0.306 e. The monoisotopic (exact) mass is 319 g/mol. The average Bonchev–Trinajstić information content (AvgIpc) is 2.37. The van der Waals surface area contributed by atoms with Crippen LogP contribution in [0.15, 0.2) is 23.1 Å². The van der Waals surface area contributed by atoms with Gasteiger partial charge in [0.15, 0.2) is 0 Å². The number of nitrogens with one attached hydrogen (secondary N) is 1. The minimum Gasteiger partial charge on any atom is -0.481 e. The van der Waals surface area contributed by atoms with Crippen LogP contribution in [0.2, 0.25) is 5.02 Å². The van der Waals surface area contributed by atoms with Crippen molar-refractivity contribution in [3.8, 4) is 0 Å². The van der Waals surface area contributed by atoms with Crippen molar-refractivity contribution in [2.24, 2.45) is 5.92 Å². The first kappa shape index (κ1) is 16.9. The summed E-state index contributed by atoms with van der Waals surface area (Å²) < 4.78 is 26.7. The lowest BCUT2D eigenvalue weighted by molar-refractivity contribution is -0.141. The highest BCUT2D eigenvalue weighted by atomic mass is 35.5. The Hall–Kier alpha value is -1.11. The van der Waals surface area contributed by atoms with E-state index in [1.807, 2.05) is 0 Å². The number of halogens is 1. The van der Waals surface area contributed by atoms with E-state index in [-0.39, 0.29) is 11.4 Å². The molecule has 0 aliphatic heterocycles. The molecule has 0 heterocycles. The van der Waals surface area contributed by atoms with Gasteiger partial charge in [0, 0.05) is 11.6 Å². The van der Waals surface area contributed by atoms with Gasteiger partial charge >= 0.3 is 5.97 Å². The minimum absolute atomic E-state index is 0.149. The fourth-order valence-corrected chi connectivity index (χ4v) is 3.26. The Balaban J connectivity index is 2.62. The standard InChI is InChI=1S/C13H18ClNO4S/c1-9-5-6-11(14)8-12(9)20(18,19)15-7-3-4-10(2)13(16)17/h5-6,8,10,15H,3-4,7H2,1-2H3,(H,16,17). The molecule has 0 aromatic heterocycles. The Kier molecular flexibility index (Phi) is 5.98. The largest absolute Gasteiger partial charge is 0.481 e. The van der Waals surface area contributed by atoms with Crippen LogP contribution in [0.25, 0.3) is 0 Å². The fourth-order valence-electron chi connectivity index (χ4n) is 1.68. The Morgan fingerprint density at radius 2 is 2.10 bits per heavy atom. The second-order valence-electron chi connectivity index (χ2n) is 4.69. The SMILES string of the molecule is Cc1ccc(Cl)cc1S(=O)(=O)NCCCC(C)C(=O)O. The third-order valence-electron chi connectivity index (χ3n) is 2.97. The fraction of sp³-hybridized carbons (Fsp3) is 0.462. The predicted octanol–water partition coefficient (Wildman–Crippen LogP) is 2.43. The van der Waals surface area contributed by atoms with Crippen LogP contribution >= 0.6 is 11.6 Å². The number of hydrogen-bond donors (Lipinski definition) is 2. The third-order valence-corrected chi connectivity index (χ3v) is 4.81. The van der Waals surface area contributed by atoms with Gasteiger partial charge in [0.25, 0.3) is 0 Å². The molecule has 0 saturated carbocycles. The van der Waals surface area contributed by atoms with Gasteiger partial charge in [-0.3, -0.25) is 4.79 Å². The predicted molar refractivity (Wildman–Crippen MR) is 77.4 cm³/mol. The van der Waals surface area contributed by atoms with E-state index in [9.17, 15) is 13.2 Å². The Labute approximate surface area is 124 Å². The molecule has 20 heavy (non-hydrogen) atoms. The summed E-state index contributed by atoms with van der Waals surface area (Å²) in [5.41, 5.74) is 0.612. The molecule has 0 fully saturated rings. The summed E-state index contributed by atoms with van der Waals surface area (Å²) in [4.78, 5) is 10.8. The molecule has 112 valence electrons. The summed E-state index contributed by atoms with van der Waals surface area (Å²) in [6.07, 6.45) is 0.888. The maximum atomic E-state index is 12.1. The van der Waals surface area contributed by atoms with Crippen molar-refractivity contribution < 1.29 is 18.3 Å². The van der Waals surface area contributed by atoms with Gasteiger partial charge in [-0.05, 0) is 37.5 Å². The normalized spacial score (nSPS) is 13.2. The third kappa shape index (κ3) is 4.77. The Morgan fingerprint density at radius 1 is 1.45 bits per heavy atom. The average molecular weight is 320 g/mol. The van der Waals surface area contributed by atoms with Crippen LogP contribution in [0.1, 0.15) is 25.3 Å². The first-order valence-electron chi connectivity index (χ1n) is 6.22. The second kappa shape index (κ2) is 7.06. The molecule has 0 spiro atoms. The lowest BCUT2D eigenvalue weighted by Gasteiger charge is -2.10. The highest BCUT2D eigenvalue weighted by molar-refractivity contribution is 7.89. The van der Waals surface area contributed by atoms with Crippen molar-refractivity contribution in [3.05, 3.63) is 28.8 Å². The second-order valence-corrected chi connectivity index (χ2v) is 6.86. The highest BCUT2D eigenvalue weighted by Crippen LogP contribution is 2.20. The summed E-state index contributed by atoms with van der Waals surface area (Å²) in [5, 5.41) is 9.09. The zero-order valence-corrected chi connectivity index (χ0v) is 13.0. The molecule has 2 N–H and O–H groups in total. The number of carboxylic acids is 1. The molecule has 5 nitrogen and oxygen atoms in total. The summed E-state index contributed by atoms with van der Waals surface area (Å²) >= 11 is 5.80. The Morgan fingerprint density at radius 3 is 2.70 bits per heavy atom. The molecule has 1 aromatic carbocycles. The minimum atomic E-state index is -3.61. The van der Waals surface area contributed by atoms with Gasteiger partial charge in [-0.15, -0.1) is 0 Å². The summed E-state index contributed by atoms with van der Waals surface area (Å²) in [5.74, 6) is -1.36. The first-order chi connectivity index (χ1) is 9.24. The number of aryl methyl sites for hydroxylation is 1. The topological polar surface area (TPSA) is 83.5 Å². The molecule has 1 rings (SSSR count). The van der Waals surface area contributed by atoms with Crippen LogP contribution in [0.3, 0.4) is 0 Å². The van der Waals surface area contributed by atoms with E-state index in [2.05, 4.69) is 4.72 Å². The van der Waals surface area contributed by atoms with Crippen LogP contribution in [0, 0.1) is 12.8 Å². The van der Waals surface area contributed by atoms with Crippen molar-refractivity contribution in [3.63, 3.8) is 0 Å². The van der Waals surface area contributed by atoms with Crippen molar-refractivity contribution in [2.75, 3.05) is 6.54 Å². The van der Waals surface area contributed by atoms with E-state index < -0.39 is 21.9 Å². The van der Waals surface area contributed by atoms with Gasteiger partial charge < -0.3 is 5.11 Å². The molecule has 1 aromatic rings. The summed E-state index contributed by atoms with van der Waals surface area (Å²) in [6.45, 7) is 3.49. The number of rotatable bonds is 7. The molecule has 7 heteroatoms. The number of carboxylic acid groups (broad SMARTS) is 1. The van der Waals surface area contributed by atoms with E-state index in [1.54, 1.807) is 26.0 Å². The van der Waals surface area contributed by atoms with Gasteiger partial charge in [-0.2, -0.15) is 0 Å². The van der Waals surface area contributed by atoms with Crippen LogP contribution in [0.4, 0.5) is 0 Å². The lowest BCUT2D eigenvalue weighted by atomic mass is 10.1. The highest BCUT2D eigenvalue weighted by Gasteiger charge is 2.17. The van der Waals surface area contributed by atoms with Gasteiger partial charge in [0.2, 0.25) is 10.0 Å². The van der Waals surface area contributed by atoms with E-state index >= 15 is 0 Å². The van der Waals surface area contributed by atoms with Crippen LogP contribution < -0.4 is 4.72 Å². The van der Waals surface area contributed by atoms with Gasteiger partial charge in [-0.1, -0.05) is 24.6 Å².